The molecule has 0 bridgehead atoms. The van der Waals surface area contributed by atoms with Crippen molar-refractivity contribution in [3.8, 4) is 0 Å². The highest BCUT2D eigenvalue weighted by Gasteiger charge is 2.09. The third-order valence-electron chi connectivity index (χ3n) is 3.94. The molecule has 0 aliphatic heterocycles. The molecule has 1 amide bonds. The van der Waals surface area contributed by atoms with Gasteiger partial charge in [-0.25, -0.2) is 18.5 Å². The number of hydrogen-bond acceptors (Lipinski definition) is 5. The molecule has 0 aliphatic carbocycles. The summed E-state index contributed by atoms with van der Waals surface area (Å²) in [5.74, 6) is -0.626. The van der Waals surface area contributed by atoms with Gasteiger partial charge in [-0.2, -0.15) is 0 Å². The van der Waals surface area contributed by atoms with Crippen LogP contribution < -0.4 is 16.0 Å². The number of aryl methyl sites for hydroxylation is 1. The number of rotatable bonds is 6. The van der Waals surface area contributed by atoms with Gasteiger partial charge in [0.15, 0.2) is 0 Å². The van der Waals surface area contributed by atoms with Crippen molar-refractivity contribution >= 4 is 48.5 Å². The van der Waals surface area contributed by atoms with Crippen LogP contribution in [0.3, 0.4) is 0 Å². The molecule has 1 heterocycles. The van der Waals surface area contributed by atoms with Crippen molar-refractivity contribution < 1.29 is 13.2 Å². The predicted octanol–water partition coefficient (Wildman–Crippen LogP) is 1.98. The van der Waals surface area contributed by atoms with E-state index in [9.17, 15) is 18.0 Å². The average molecular weight is 465 g/mol. The number of nitrogens with two attached hydrogens (primary N) is 1. The van der Waals surface area contributed by atoms with E-state index in [1.807, 2.05) is 0 Å². The highest BCUT2D eigenvalue weighted by Crippen LogP contribution is 2.15. The summed E-state index contributed by atoms with van der Waals surface area (Å²) in [4.78, 5) is 29.0. The SMILES string of the molecule is NS(=O)(=O)Cc1cccc(NC(=O)CCn2cnc3ccc(Br)cc3c2=O)c1. The molecule has 0 unspecified atom stereocenters. The lowest BCUT2D eigenvalue weighted by atomic mass is 10.2. The largest absolute Gasteiger partial charge is 0.326 e. The summed E-state index contributed by atoms with van der Waals surface area (Å²) < 4.78 is 24.5. The van der Waals surface area contributed by atoms with Gasteiger partial charge in [0.2, 0.25) is 15.9 Å². The summed E-state index contributed by atoms with van der Waals surface area (Å²) in [5, 5.41) is 8.19. The second-order valence-electron chi connectivity index (χ2n) is 6.21. The lowest BCUT2D eigenvalue weighted by Crippen LogP contribution is -2.23. The molecule has 3 aromatic rings. The number of nitrogens with one attached hydrogen (secondary N) is 1. The molecule has 3 N–H and O–H groups in total. The van der Waals surface area contributed by atoms with Crippen LogP contribution in [0.25, 0.3) is 10.9 Å². The van der Waals surface area contributed by atoms with Gasteiger partial charge in [0.05, 0.1) is 23.0 Å². The van der Waals surface area contributed by atoms with Crippen LogP contribution in [0.15, 0.2) is 58.1 Å². The van der Waals surface area contributed by atoms with E-state index in [4.69, 9.17) is 5.14 Å². The molecule has 2 aromatic carbocycles. The van der Waals surface area contributed by atoms with Crippen LogP contribution in [-0.2, 0) is 27.1 Å². The Morgan fingerprint density at radius 2 is 2.00 bits per heavy atom. The van der Waals surface area contributed by atoms with Gasteiger partial charge in [-0.3, -0.25) is 14.2 Å². The highest BCUT2D eigenvalue weighted by molar-refractivity contribution is 9.10. The van der Waals surface area contributed by atoms with Crippen LogP contribution in [0, 0.1) is 0 Å². The van der Waals surface area contributed by atoms with Gasteiger partial charge in [0.1, 0.15) is 0 Å². The Kier molecular flexibility index (Phi) is 5.92. The van der Waals surface area contributed by atoms with Crippen molar-refractivity contribution in [3.63, 3.8) is 0 Å². The number of anilines is 1. The monoisotopic (exact) mass is 464 g/mol. The van der Waals surface area contributed by atoms with Crippen LogP contribution in [-0.4, -0.2) is 23.9 Å². The number of sulfonamides is 1. The molecule has 0 fully saturated rings. The summed E-state index contributed by atoms with van der Waals surface area (Å²) in [7, 11) is -3.66. The van der Waals surface area contributed by atoms with Gasteiger partial charge >= 0.3 is 0 Å². The lowest BCUT2D eigenvalue weighted by Gasteiger charge is -2.09. The van der Waals surface area contributed by atoms with Gasteiger partial charge in [0, 0.05) is 23.1 Å². The van der Waals surface area contributed by atoms with Crippen LogP contribution >= 0.6 is 15.9 Å². The van der Waals surface area contributed by atoms with Crippen LogP contribution in [0.4, 0.5) is 5.69 Å². The normalized spacial score (nSPS) is 11.5. The first-order valence-corrected chi connectivity index (χ1v) is 10.8. The van der Waals surface area contributed by atoms with Gasteiger partial charge < -0.3 is 5.32 Å². The molecule has 3 rings (SSSR count). The van der Waals surface area contributed by atoms with Crippen LogP contribution in [0.2, 0.25) is 0 Å². The van der Waals surface area contributed by atoms with Gasteiger partial charge in [-0.1, -0.05) is 28.1 Å². The van der Waals surface area contributed by atoms with E-state index < -0.39 is 10.0 Å². The molecule has 0 aliphatic rings. The maximum Gasteiger partial charge on any atom is 0.261 e. The van der Waals surface area contributed by atoms with Crippen molar-refractivity contribution in [2.24, 2.45) is 5.14 Å². The third kappa shape index (κ3) is 5.24. The van der Waals surface area contributed by atoms with E-state index in [2.05, 4.69) is 26.2 Å². The molecule has 1 aromatic heterocycles. The van der Waals surface area contributed by atoms with Gasteiger partial charge in [0.25, 0.3) is 5.56 Å². The highest BCUT2D eigenvalue weighted by atomic mass is 79.9. The van der Waals surface area contributed by atoms with E-state index in [0.29, 0.717) is 22.2 Å². The molecule has 10 heteroatoms. The molecular formula is C18H17BrN4O4S. The predicted molar refractivity (Wildman–Crippen MR) is 110 cm³/mol. The summed E-state index contributed by atoms with van der Waals surface area (Å²) in [6, 6.07) is 11.7. The topological polar surface area (TPSA) is 124 Å². The Bertz CT molecular complexity index is 1210. The molecule has 8 nitrogen and oxygen atoms in total. The Balaban J connectivity index is 1.68. The summed E-state index contributed by atoms with van der Waals surface area (Å²) in [5.41, 5.74) is 1.29. The number of fused-ring (bicyclic) bond motifs is 1. The first-order chi connectivity index (χ1) is 13.2. The Morgan fingerprint density at radius 3 is 2.75 bits per heavy atom. The van der Waals surface area contributed by atoms with Crippen molar-refractivity contribution in [1.82, 2.24) is 9.55 Å². The summed E-state index contributed by atoms with van der Waals surface area (Å²) in [6.45, 7) is 0.164. The number of carbonyl (C=O) groups is 1. The third-order valence-corrected chi connectivity index (χ3v) is 5.17. The standard InChI is InChI=1S/C18H17BrN4O4S/c19-13-4-5-16-15(9-13)18(25)23(11-21-16)7-6-17(24)22-14-3-1-2-12(8-14)10-28(20,26)27/h1-5,8-9,11H,6-7,10H2,(H,22,24)(H2,20,26,27). The van der Waals surface area contributed by atoms with E-state index in [1.54, 1.807) is 42.5 Å². The number of benzene rings is 2. The first kappa shape index (κ1) is 20.2. The Morgan fingerprint density at radius 1 is 1.21 bits per heavy atom. The van der Waals surface area contributed by atoms with Crippen molar-refractivity contribution in [3.05, 3.63) is 69.2 Å². The van der Waals surface area contributed by atoms with Crippen molar-refractivity contribution in [1.29, 1.82) is 0 Å². The minimum absolute atomic E-state index is 0.0561. The molecule has 28 heavy (non-hydrogen) atoms. The zero-order chi connectivity index (χ0) is 20.3. The van der Waals surface area contributed by atoms with Crippen LogP contribution in [0.1, 0.15) is 12.0 Å². The van der Waals surface area contributed by atoms with E-state index >= 15 is 0 Å². The minimum Gasteiger partial charge on any atom is -0.326 e. The van der Waals surface area contributed by atoms with Crippen molar-refractivity contribution in [2.75, 3.05) is 5.32 Å². The number of nitrogens with zero attached hydrogens (tertiary/aromatic N) is 2. The molecule has 0 saturated heterocycles. The smallest absolute Gasteiger partial charge is 0.261 e. The number of carbonyl (C=O) groups excluding carboxylic acids is 1. The molecule has 0 radical (unpaired) electrons. The maximum absolute atomic E-state index is 12.5. The van der Waals surface area contributed by atoms with Crippen LogP contribution in [0.5, 0.6) is 0 Å². The molecule has 146 valence electrons. The second kappa shape index (κ2) is 8.21. The molecule has 0 saturated carbocycles. The van der Waals surface area contributed by atoms with Gasteiger partial charge in [-0.05, 0) is 35.9 Å². The Hall–Kier alpha value is -2.56. The van der Waals surface area contributed by atoms with E-state index in [-0.39, 0.29) is 30.2 Å². The lowest BCUT2D eigenvalue weighted by molar-refractivity contribution is -0.116. The fourth-order valence-corrected chi connectivity index (χ4v) is 3.71. The number of amides is 1. The Labute approximate surface area is 169 Å². The number of primary sulfonamides is 1. The number of halogens is 1. The minimum atomic E-state index is -3.66. The summed E-state index contributed by atoms with van der Waals surface area (Å²) in [6.07, 6.45) is 1.47. The number of hydrogen-bond donors (Lipinski definition) is 2. The molecular weight excluding hydrogens is 448 g/mol. The zero-order valence-corrected chi connectivity index (χ0v) is 17.0. The van der Waals surface area contributed by atoms with Gasteiger partial charge in [-0.15, -0.1) is 0 Å². The zero-order valence-electron chi connectivity index (χ0n) is 14.6. The molecule has 0 spiro atoms. The summed E-state index contributed by atoms with van der Waals surface area (Å²) >= 11 is 3.33. The van der Waals surface area contributed by atoms with E-state index in [1.165, 1.54) is 10.9 Å². The average Bonchev–Trinajstić information content (AvgIpc) is 2.60. The fraction of sp³-hybridized carbons (Fsp3) is 0.167. The number of aromatic nitrogens is 2. The van der Waals surface area contributed by atoms with E-state index in [0.717, 1.165) is 4.47 Å². The quantitative estimate of drug-likeness (QED) is 0.576. The maximum atomic E-state index is 12.5. The van der Waals surface area contributed by atoms with Crippen molar-refractivity contribution in [2.45, 2.75) is 18.7 Å². The molecule has 0 atom stereocenters. The fourth-order valence-electron chi connectivity index (χ4n) is 2.71. The second-order valence-corrected chi connectivity index (χ2v) is 8.74. The first-order valence-electron chi connectivity index (χ1n) is 8.25.